The van der Waals surface area contributed by atoms with Crippen LogP contribution < -0.4 is 24.7 Å². The summed E-state index contributed by atoms with van der Waals surface area (Å²) in [4.78, 5) is 15.2. The average Bonchev–Trinajstić information content (AvgIpc) is 3.59. The van der Waals surface area contributed by atoms with E-state index in [9.17, 15) is 4.79 Å². The van der Waals surface area contributed by atoms with Crippen molar-refractivity contribution in [3.63, 3.8) is 0 Å². The molecule has 0 bridgehead atoms. The first kappa shape index (κ1) is 21.8. The van der Waals surface area contributed by atoms with Crippen molar-refractivity contribution in [2.24, 2.45) is 5.73 Å². The second-order valence-electron chi connectivity index (χ2n) is 7.13. The standard InChI is InChI=1S/C23H30N2O5/c1-5-25(16-8-9-16)23(26)18-14-19(21(28-3)22(29-4)20(18)27-2)30-17-10-6-15(7-11-17)12-13-24/h6-7,10-11,14,16H,5,8-9,12-13,24H2,1-4H3. The number of hydrogen-bond acceptors (Lipinski definition) is 6. The molecule has 0 aromatic heterocycles. The smallest absolute Gasteiger partial charge is 0.258 e. The molecule has 1 fully saturated rings. The first-order chi connectivity index (χ1) is 14.6. The zero-order valence-electron chi connectivity index (χ0n) is 18.1. The van der Waals surface area contributed by atoms with Gasteiger partial charge < -0.3 is 29.6 Å². The van der Waals surface area contributed by atoms with Crippen LogP contribution in [0.3, 0.4) is 0 Å². The molecule has 1 aliphatic carbocycles. The van der Waals surface area contributed by atoms with Gasteiger partial charge in [0.2, 0.25) is 11.5 Å². The van der Waals surface area contributed by atoms with Crippen molar-refractivity contribution in [1.29, 1.82) is 0 Å². The van der Waals surface area contributed by atoms with E-state index in [0.717, 1.165) is 24.8 Å². The van der Waals surface area contributed by atoms with E-state index in [1.54, 1.807) is 6.07 Å². The molecule has 1 saturated carbocycles. The van der Waals surface area contributed by atoms with Gasteiger partial charge in [0, 0.05) is 18.7 Å². The highest BCUT2D eigenvalue weighted by atomic mass is 16.5. The summed E-state index contributed by atoms with van der Waals surface area (Å²) in [6, 6.07) is 9.61. The Morgan fingerprint density at radius 3 is 2.17 bits per heavy atom. The molecule has 0 aliphatic heterocycles. The lowest BCUT2D eigenvalue weighted by atomic mass is 10.1. The Labute approximate surface area is 177 Å². The second kappa shape index (κ2) is 9.71. The topological polar surface area (TPSA) is 83.3 Å². The molecular weight excluding hydrogens is 384 g/mol. The van der Waals surface area contributed by atoms with Crippen molar-refractivity contribution in [3.05, 3.63) is 41.5 Å². The molecule has 2 aromatic carbocycles. The zero-order chi connectivity index (χ0) is 21.7. The highest BCUT2D eigenvalue weighted by Crippen LogP contribution is 2.48. The van der Waals surface area contributed by atoms with Crippen molar-refractivity contribution >= 4 is 5.91 Å². The third-order valence-corrected chi connectivity index (χ3v) is 5.17. The fourth-order valence-corrected chi connectivity index (χ4v) is 3.54. The number of amides is 1. The van der Waals surface area contributed by atoms with Gasteiger partial charge in [-0.05, 0) is 50.4 Å². The second-order valence-corrected chi connectivity index (χ2v) is 7.13. The molecule has 7 heteroatoms. The number of carbonyl (C=O) groups is 1. The molecule has 30 heavy (non-hydrogen) atoms. The van der Waals surface area contributed by atoms with Crippen LogP contribution in [0.25, 0.3) is 0 Å². The van der Waals surface area contributed by atoms with Crippen molar-refractivity contribution in [1.82, 2.24) is 4.90 Å². The molecule has 0 unspecified atom stereocenters. The summed E-state index contributed by atoms with van der Waals surface area (Å²) in [5, 5.41) is 0. The zero-order valence-corrected chi connectivity index (χ0v) is 18.1. The van der Waals surface area contributed by atoms with Crippen LogP contribution in [0.2, 0.25) is 0 Å². The minimum atomic E-state index is -0.110. The Hall–Kier alpha value is -2.93. The number of methoxy groups -OCH3 is 3. The van der Waals surface area contributed by atoms with Crippen LogP contribution in [-0.2, 0) is 6.42 Å². The predicted octanol–water partition coefficient (Wildman–Crippen LogP) is 3.63. The maximum atomic E-state index is 13.3. The summed E-state index contributed by atoms with van der Waals surface area (Å²) in [7, 11) is 4.55. The number of ether oxygens (including phenoxy) is 4. The van der Waals surface area contributed by atoms with Crippen molar-refractivity contribution in [2.45, 2.75) is 32.2 Å². The Morgan fingerprint density at radius 2 is 1.67 bits per heavy atom. The fraction of sp³-hybridized carbons (Fsp3) is 0.435. The summed E-state index contributed by atoms with van der Waals surface area (Å²) in [5.74, 6) is 1.93. The number of rotatable bonds is 10. The van der Waals surface area contributed by atoms with E-state index in [1.165, 1.54) is 21.3 Å². The molecular formula is C23H30N2O5. The Kier molecular flexibility index (Phi) is 7.05. The molecule has 0 radical (unpaired) electrons. The number of nitrogens with two attached hydrogens (primary N) is 1. The van der Waals surface area contributed by atoms with Gasteiger partial charge in [-0.25, -0.2) is 0 Å². The highest BCUT2D eigenvalue weighted by molar-refractivity contribution is 5.99. The highest BCUT2D eigenvalue weighted by Gasteiger charge is 2.35. The third kappa shape index (κ3) is 4.46. The van der Waals surface area contributed by atoms with Crippen molar-refractivity contribution in [3.8, 4) is 28.7 Å². The van der Waals surface area contributed by atoms with E-state index in [1.807, 2.05) is 36.1 Å². The van der Waals surface area contributed by atoms with Crippen LogP contribution in [0.15, 0.2) is 30.3 Å². The first-order valence-electron chi connectivity index (χ1n) is 10.2. The van der Waals surface area contributed by atoms with E-state index in [2.05, 4.69) is 0 Å². The van der Waals surface area contributed by atoms with Crippen LogP contribution >= 0.6 is 0 Å². The molecule has 1 aliphatic rings. The molecule has 2 aromatic rings. The molecule has 3 rings (SSSR count). The quantitative estimate of drug-likeness (QED) is 0.639. The van der Waals surface area contributed by atoms with Gasteiger partial charge >= 0.3 is 0 Å². The molecule has 0 saturated heterocycles. The maximum absolute atomic E-state index is 13.3. The first-order valence-corrected chi connectivity index (χ1v) is 10.2. The van der Waals surface area contributed by atoms with Gasteiger partial charge in [0.1, 0.15) is 5.75 Å². The molecule has 0 heterocycles. The number of hydrogen-bond donors (Lipinski definition) is 1. The number of nitrogens with zero attached hydrogens (tertiary/aromatic N) is 1. The minimum absolute atomic E-state index is 0.110. The monoisotopic (exact) mass is 414 g/mol. The maximum Gasteiger partial charge on any atom is 0.258 e. The summed E-state index contributed by atoms with van der Waals surface area (Å²) >= 11 is 0. The molecule has 162 valence electrons. The third-order valence-electron chi connectivity index (χ3n) is 5.17. The van der Waals surface area contributed by atoms with Gasteiger partial charge in [0.05, 0.1) is 26.9 Å². The Morgan fingerprint density at radius 1 is 1.03 bits per heavy atom. The lowest BCUT2D eigenvalue weighted by Gasteiger charge is -2.24. The van der Waals surface area contributed by atoms with Crippen LogP contribution in [-0.4, -0.2) is 51.3 Å². The largest absolute Gasteiger partial charge is 0.492 e. The summed E-state index contributed by atoms with van der Waals surface area (Å²) in [6.07, 6.45) is 2.84. The van der Waals surface area contributed by atoms with Gasteiger partial charge in [0.15, 0.2) is 11.5 Å². The Balaban J connectivity index is 2.03. The summed E-state index contributed by atoms with van der Waals surface area (Å²) in [5.41, 5.74) is 7.13. The van der Waals surface area contributed by atoms with E-state index in [4.69, 9.17) is 24.7 Å². The lowest BCUT2D eigenvalue weighted by molar-refractivity contribution is 0.0748. The van der Waals surface area contributed by atoms with Crippen LogP contribution in [0, 0.1) is 0 Å². The molecule has 7 nitrogen and oxygen atoms in total. The summed E-state index contributed by atoms with van der Waals surface area (Å²) < 4.78 is 22.8. The van der Waals surface area contributed by atoms with Gasteiger partial charge in [-0.15, -0.1) is 0 Å². The predicted molar refractivity (Wildman–Crippen MR) is 115 cm³/mol. The van der Waals surface area contributed by atoms with E-state index in [0.29, 0.717) is 47.4 Å². The molecule has 0 spiro atoms. The lowest BCUT2D eigenvalue weighted by Crippen LogP contribution is -2.33. The normalized spacial score (nSPS) is 13.0. The van der Waals surface area contributed by atoms with Crippen LogP contribution in [0.5, 0.6) is 28.7 Å². The van der Waals surface area contributed by atoms with Crippen molar-refractivity contribution < 1.29 is 23.7 Å². The Bertz CT molecular complexity index is 878. The minimum Gasteiger partial charge on any atom is -0.492 e. The number of carbonyl (C=O) groups excluding carboxylic acids is 1. The molecule has 2 N–H and O–H groups in total. The van der Waals surface area contributed by atoms with E-state index in [-0.39, 0.29) is 11.9 Å². The molecule has 0 atom stereocenters. The van der Waals surface area contributed by atoms with Crippen LogP contribution in [0.1, 0.15) is 35.7 Å². The van der Waals surface area contributed by atoms with Gasteiger partial charge in [-0.1, -0.05) is 12.1 Å². The average molecular weight is 415 g/mol. The number of benzene rings is 2. The van der Waals surface area contributed by atoms with Crippen LogP contribution in [0.4, 0.5) is 0 Å². The molecule has 1 amide bonds. The van der Waals surface area contributed by atoms with E-state index >= 15 is 0 Å². The van der Waals surface area contributed by atoms with Gasteiger partial charge in [-0.2, -0.15) is 0 Å². The van der Waals surface area contributed by atoms with Crippen molar-refractivity contribution in [2.75, 3.05) is 34.4 Å². The van der Waals surface area contributed by atoms with E-state index < -0.39 is 0 Å². The SMILES string of the molecule is CCN(C(=O)c1cc(Oc2ccc(CCN)cc2)c(OC)c(OC)c1OC)C1CC1. The van der Waals surface area contributed by atoms with Gasteiger partial charge in [-0.3, -0.25) is 4.79 Å². The van der Waals surface area contributed by atoms with Gasteiger partial charge in [0.25, 0.3) is 5.91 Å². The fourth-order valence-electron chi connectivity index (χ4n) is 3.54. The summed E-state index contributed by atoms with van der Waals surface area (Å²) in [6.45, 7) is 3.19.